The summed E-state index contributed by atoms with van der Waals surface area (Å²) in [7, 11) is 4.15. The summed E-state index contributed by atoms with van der Waals surface area (Å²) < 4.78 is 6.19. The molecular formula is C22H31N3O. The summed E-state index contributed by atoms with van der Waals surface area (Å²) in [5.74, 6) is 2.23. The van der Waals surface area contributed by atoms with Gasteiger partial charge >= 0.3 is 0 Å². The number of nitrogens with two attached hydrogens (primary N) is 1. The summed E-state index contributed by atoms with van der Waals surface area (Å²) in [5, 5.41) is 0. The van der Waals surface area contributed by atoms with Crippen LogP contribution in [0.2, 0.25) is 0 Å². The molecule has 140 valence electrons. The molecule has 0 radical (unpaired) electrons. The molecule has 3 rings (SSSR count). The fourth-order valence-electron chi connectivity index (χ4n) is 3.46. The van der Waals surface area contributed by atoms with Crippen LogP contribution in [0.15, 0.2) is 30.3 Å². The molecule has 1 heterocycles. The normalized spacial score (nSPS) is 14.5. The van der Waals surface area contributed by atoms with Crippen LogP contribution in [0.3, 0.4) is 0 Å². The van der Waals surface area contributed by atoms with Gasteiger partial charge in [-0.3, -0.25) is 0 Å². The molecule has 1 aliphatic carbocycles. The number of hydrogen-bond acceptors (Lipinski definition) is 4. The Balaban J connectivity index is 2.00. The Bertz CT molecular complexity index is 738. The maximum atomic E-state index is 6.19. The third-order valence-electron chi connectivity index (χ3n) is 5.14. The van der Waals surface area contributed by atoms with E-state index in [0.717, 1.165) is 30.8 Å². The van der Waals surface area contributed by atoms with Gasteiger partial charge < -0.3 is 15.4 Å². The van der Waals surface area contributed by atoms with Crippen molar-refractivity contribution in [3.63, 3.8) is 0 Å². The number of rotatable bonds is 8. The molecule has 2 aromatic rings. The van der Waals surface area contributed by atoms with E-state index in [1.165, 1.54) is 36.0 Å². The lowest BCUT2D eigenvalue weighted by atomic mass is 9.77. The highest BCUT2D eigenvalue weighted by Crippen LogP contribution is 2.43. The van der Waals surface area contributed by atoms with Gasteiger partial charge in [-0.2, -0.15) is 0 Å². The quantitative estimate of drug-likeness (QED) is 0.759. The second kappa shape index (κ2) is 8.54. The molecule has 1 aromatic carbocycles. The molecule has 26 heavy (non-hydrogen) atoms. The van der Waals surface area contributed by atoms with Gasteiger partial charge in [-0.1, -0.05) is 25.8 Å². The van der Waals surface area contributed by atoms with Crippen molar-refractivity contribution >= 4 is 5.82 Å². The highest BCUT2D eigenvalue weighted by molar-refractivity contribution is 5.69. The average Bonchev–Trinajstić information content (AvgIpc) is 2.55. The van der Waals surface area contributed by atoms with E-state index in [1.54, 1.807) is 0 Å². The monoisotopic (exact) mass is 353 g/mol. The highest BCUT2D eigenvalue weighted by atomic mass is 16.5. The first-order chi connectivity index (χ1) is 12.6. The van der Waals surface area contributed by atoms with Gasteiger partial charge in [0.15, 0.2) is 0 Å². The van der Waals surface area contributed by atoms with Crippen LogP contribution in [0.1, 0.15) is 49.7 Å². The topological polar surface area (TPSA) is 51.4 Å². The van der Waals surface area contributed by atoms with E-state index in [0.29, 0.717) is 18.3 Å². The predicted octanol–water partition coefficient (Wildman–Crippen LogP) is 4.49. The van der Waals surface area contributed by atoms with Crippen molar-refractivity contribution < 1.29 is 4.74 Å². The molecule has 1 saturated carbocycles. The average molecular weight is 354 g/mol. The van der Waals surface area contributed by atoms with E-state index in [9.17, 15) is 0 Å². The summed E-state index contributed by atoms with van der Waals surface area (Å²) in [6.45, 7) is 3.84. The van der Waals surface area contributed by atoms with Gasteiger partial charge in [-0.25, -0.2) is 4.98 Å². The number of nitrogens with zero attached hydrogens (tertiary/aromatic N) is 2. The maximum Gasteiger partial charge on any atom is 0.124 e. The Labute approximate surface area is 157 Å². The zero-order chi connectivity index (χ0) is 18.5. The van der Waals surface area contributed by atoms with Crippen LogP contribution in [0.25, 0.3) is 11.3 Å². The molecule has 4 nitrogen and oxygen atoms in total. The molecule has 0 saturated heterocycles. The van der Waals surface area contributed by atoms with Gasteiger partial charge in [0.1, 0.15) is 18.2 Å². The molecule has 0 amide bonds. The van der Waals surface area contributed by atoms with E-state index in [-0.39, 0.29) is 0 Å². The minimum atomic E-state index is 0.574. The third kappa shape index (κ3) is 4.36. The van der Waals surface area contributed by atoms with Gasteiger partial charge in [0.2, 0.25) is 0 Å². The second-order valence-corrected chi connectivity index (χ2v) is 7.52. The van der Waals surface area contributed by atoms with Gasteiger partial charge in [-0.05, 0) is 74.7 Å². The van der Waals surface area contributed by atoms with Crippen molar-refractivity contribution in [2.45, 2.75) is 44.9 Å². The summed E-state index contributed by atoms with van der Waals surface area (Å²) in [4.78, 5) is 6.74. The number of nitrogen functional groups attached to an aromatic ring is 1. The molecule has 2 N–H and O–H groups in total. The molecule has 4 heteroatoms. The summed E-state index contributed by atoms with van der Waals surface area (Å²) >= 11 is 0. The number of pyridine rings is 1. The van der Waals surface area contributed by atoms with Gasteiger partial charge in [0.05, 0.1) is 5.69 Å². The standard InChI is InChI=1S/C22H31N3O/c1-4-7-17-14-19(20-10-6-11-22(23)24-20)18(16-8-5-9-16)15-21(17)26-13-12-25(2)3/h6,10-11,14-16H,4-5,7-9,12-13H2,1-3H3,(H2,23,24). The smallest absolute Gasteiger partial charge is 0.124 e. The Morgan fingerprint density at radius 1 is 1.23 bits per heavy atom. The van der Waals surface area contributed by atoms with Crippen LogP contribution in [0, 0.1) is 0 Å². The largest absolute Gasteiger partial charge is 0.492 e. The first-order valence-electron chi connectivity index (χ1n) is 9.75. The number of aryl methyl sites for hydroxylation is 1. The van der Waals surface area contributed by atoms with E-state index in [4.69, 9.17) is 10.5 Å². The van der Waals surface area contributed by atoms with E-state index in [1.807, 2.05) is 12.1 Å². The molecule has 1 aliphatic rings. The van der Waals surface area contributed by atoms with Gasteiger partial charge in [0, 0.05) is 12.1 Å². The van der Waals surface area contributed by atoms with Crippen LogP contribution in [-0.4, -0.2) is 37.1 Å². The molecule has 0 bridgehead atoms. The van der Waals surface area contributed by atoms with Gasteiger partial charge in [0.25, 0.3) is 0 Å². The maximum absolute atomic E-state index is 6.19. The van der Waals surface area contributed by atoms with Crippen molar-refractivity contribution in [1.82, 2.24) is 9.88 Å². The van der Waals surface area contributed by atoms with Crippen molar-refractivity contribution in [2.75, 3.05) is 33.0 Å². The molecule has 0 unspecified atom stereocenters. The third-order valence-corrected chi connectivity index (χ3v) is 5.14. The van der Waals surface area contributed by atoms with Crippen LogP contribution in [0.4, 0.5) is 5.82 Å². The first-order valence-corrected chi connectivity index (χ1v) is 9.75. The SMILES string of the molecule is CCCc1cc(-c2cccc(N)n2)c(C2CCC2)cc1OCCN(C)C. The first kappa shape index (κ1) is 18.7. The van der Waals surface area contributed by atoms with Crippen molar-refractivity contribution in [3.05, 3.63) is 41.5 Å². The fraction of sp³-hybridized carbons (Fsp3) is 0.500. The van der Waals surface area contributed by atoms with Crippen molar-refractivity contribution in [3.8, 4) is 17.0 Å². The molecule has 0 atom stereocenters. The summed E-state index contributed by atoms with van der Waals surface area (Å²) in [6, 6.07) is 10.5. The zero-order valence-electron chi connectivity index (χ0n) is 16.3. The molecule has 1 fully saturated rings. The summed E-state index contributed by atoms with van der Waals surface area (Å²) in [6.07, 6.45) is 5.91. The van der Waals surface area contributed by atoms with Crippen LogP contribution < -0.4 is 10.5 Å². The highest BCUT2D eigenvalue weighted by Gasteiger charge is 2.25. The predicted molar refractivity (Wildman–Crippen MR) is 109 cm³/mol. The Hall–Kier alpha value is -2.07. The summed E-state index contributed by atoms with van der Waals surface area (Å²) in [5.41, 5.74) is 10.8. The lowest BCUT2D eigenvalue weighted by Gasteiger charge is -2.29. The number of anilines is 1. The van der Waals surface area contributed by atoms with Crippen molar-refractivity contribution in [2.24, 2.45) is 0 Å². The van der Waals surface area contributed by atoms with E-state index in [2.05, 4.69) is 49.1 Å². The number of benzene rings is 1. The Kier molecular flexibility index (Phi) is 6.15. The molecule has 1 aromatic heterocycles. The lowest BCUT2D eigenvalue weighted by molar-refractivity contribution is 0.259. The van der Waals surface area contributed by atoms with Crippen molar-refractivity contribution in [1.29, 1.82) is 0 Å². The minimum Gasteiger partial charge on any atom is -0.492 e. The van der Waals surface area contributed by atoms with Gasteiger partial charge in [-0.15, -0.1) is 0 Å². The second-order valence-electron chi connectivity index (χ2n) is 7.52. The fourth-order valence-corrected chi connectivity index (χ4v) is 3.46. The van der Waals surface area contributed by atoms with E-state index < -0.39 is 0 Å². The number of likely N-dealkylation sites (N-methyl/N-ethyl adjacent to an activating group) is 1. The molecular weight excluding hydrogens is 322 g/mol. The molecule has 0 spiro atoms. The minimum absolute atomic E-state index is 0.574. The van der Waals surface area contributed by atoms with Crippen LogP contribution in [-0.2, 0) is 6.42 Å². The molecule has 0 aliphatic heterocycles. The van der Waals surface area contributed by atoms with E-state index >= 15 is 0 Å². The Morgan fingerprint density at radius 3 is 2.65 bits per heavy atom. The number of ether oxygens (including phenoxy) is 1. The van der Waals surface area contributed by atoms with Crippen LogP contribution in [0.5, 0.6) is 5.75 Å². The number of hydrogen-bond donors (Lipinski definition) is 1. The van der Waals surface area contributed by atoms with Crippen LogP contribution >= 0.6 is 0 Å². The zero-order valence-corrected chi connectivity index (χ0v) is 16.3. The number of aromatic nitrogens is 1. The Morgan fingerprint density at radius 2 is 2.04 bits per heavy atom. The lowest BCUT2D eigenvalue weighted by Crippen LogP contribution is -2.20.